The number of benzene rings is 1. The predicted octanol–water partition coefficient (Wildman–Crippen LogP) is 2.81. The van der Waals surface area contributed by atoms with E-state index >= 15 is 0 Å². The van der Waals surface area contributed by atoms with E-state index in [2.05, 4.69) is 39.2 Å². The molecular weight excluding hydrogens is 452 g/mol. The van der Waals surface area contributed by atoms with E-state index in [4.69, 9.17) is 9.84 Å². The van der Waals surface area contributed by atoms with Crippen LogP contribution >= 0.6 is 11.3 Å². The van der Waals surface area contributed by atoms with Crippen molar-refractivity contribution in [2.45, 2.75) is 27.2 Å². The van der Waals surface area contributed by atoms with E-state index in [0.717, 1.165) is 43.3 Å². The Bertz CT molecular complexity index is 1140. The summed E-state index contributed by atoms with van der Waals surface area (Å²) >= 11 is 1.31. The molecule has 0 bridgehead atoms. The number of anilines is 2. The molecule has 180 valence electrons. The number of ether oxygens (including phenoxy) is 1. The Balaban J connectivity index is 1.29. The number of piperazine rings is 1. The van der Waals surface area contributed by atoms with Crippen molar-refractivity contribution in [3.05, 3.63) is 52.8 Å². The van der Waals surface area contributed by atoms with Gasteiger partial charge in [-0.2, -0.15) is 5.10 Å². The lowest BCUT2D eigenvalue weighted by Gasteiger charge is -2.35. The molecule has 1 aliphatic heterocycles. The van der Waals surface area contributed by atoms with Crippen LogP contribution in [0.5, 0.6) is 0 Å². The molecule has 0 atom stereocenters. The van der Waals surface area contributed by atoms with Crippen molar-refractivity contribution in [1.29, 1.82) is 0 Å². The molecule has 1 fully saturated rings. The highest BCUT2D eigenvalue weighted by Crippen LogP contribution is 2.27. The molecule has 2 aromatic heterocycles. The molecular formula is C24H30N6O3S. The molecule has 0 aliphatic carbocycles. The molecule has 10 heteroatoms. The van der Waals surface area contributed by atoms with Gasteiger partial charge in [0.25, 0.3) is 0 Å². The van der Waals surface area contributed by atoms with Gasteiger partial charge in [0.1, 0.15) is 0 Å². The van der Waals surface area contributed by atoms with Crippen molar-refractivity contribution < 1.29 is 14.3 Å². The van der Waals surface area contributed by atoms with Crippen molar-refractivity contribution in [3.63, 3.8) is 0 Å². The number of carbonyl (C=O) groups excluding carboxylic acids is 2. The van der Waals surface area contributed by atoms with Crippen molar-refractivity contribution in [2.75, 3.05) is 49.5 Å². The van der Waals surface area contributed by atoms with E-state index in [9.17, 15) is 9.59 Å². The molecule has 1 aliphatic rings. The fourth-order valence-electron chi connectivity index (χ4n) is 4.21. The molecule has 0 spiro atoms. The van der Waals surface area contributed by atoms with Crippen LogP contribution in [-0.2, 0) is 20.7 Å². The smallest absolute Gasteiger partial charge is 0.311 e. The zero-order chi connectivity index (χ0) is 24.1. The number of nitrogens with zero attached hydrogens (tertiary/aromatic N) is 5. The SMILES string of the molecule is CCOC(=O)Cc1csc(NC(=O)CN2CCN(c3c(C)nn(-c4ccccc4)c3C)CC2)n1. The first-order chi connectivity index (χ1) is 16.4. The van der Waals surface area contributed by atoms with Gasteiger partial charge in [-0.05, 0) is 32.9 Å². The standard InChI is InChI=1S/C24H30N6O3S/c1-4-33-22(32)14-19-16-34-24(25-19)26-21(31)15-28-10-12-29(13-11-28)23-17(2)27-30(18(23)3)20-8-6-5-7-9-20/h5-9,16H,4,10-15H2,1-3H3,(H,25,26,31). The highest BCUT2D eigenvalue weighted by atomic mass is 32.1. The number of aryl methyl sites for hydroxylation is 1. The first-order valence-corrected chi connectivity index (χ1v) is 12.3. The molecule has 4 rings (SSSR count). The summed E-state index contributed by atoms with van der Waals surface area (Å²) in [5.74, 6) is -0.418. The third kappa shape index (κ3) is 5.63. The molecule has 0 saturated carbocycles. The fourth-order valence-corrected chi connectivity index (χ4v) is 4.94. The van der Waals surface area contributed by atoms with E-state index in [1.54, 1.807) is 12.3 Å². The van der Waals surface area contributed by atoms with Gasteiger partial charge in [0.2, 0.25) is 5.91 Å². The van der Waals surface area contributed by atoms with Crippen LogP contribution in [0.3, 0.4) is 0 Å². The van der Waals surface area contributed by atoms with E-state index in [1.165, 1.54) is 17.0 Å². The van der Waals surface area contributed by atoms with Crippen molar-refractivity contribution in [3.8, 4) is 5.69 Å². The number of carbonyl (C=O) groups is 2. The Morgan fingerprint density at radius 1 is 1.12 bits per heavy atom. The van der Waals surface area contributed by atoms with Crippen LogP contribution in [0.15, 0.2) is 35.7 Å². The second-order valence-corrected chi connectivity index (χ2v) is 9.06. The van der Waals surface area contributed by atoms with Gasteiger partial charge in [-0.3, -0.25) is 14.5 Å². The molecule has 0 unspecified atom stereocenters. The molecule has 9 nitrogen and oxygen atoms in total. The minimum absolute atomic E-state index is 0.102. The Hall–Kier alpha value is -3.24. The Morgan fingerprint density at radius 2 is 1.85 bits per heavy atom. The third-order valence-corrected chi connectivity index (χ3v) is 6.55. The van der Waals surface area contributed by atoms with Gasteiger partial charge in [0, 0.05) is 31.6 Å². The van der Waals surface area contributed by atoms with E-state index in [1.807, 2.05) is 29.8 Å². The number of rotatable bonds is 8. The molecule has 34 heavy (non-hydrogen) atoms. The van der Waals surface area contributed by atoms with Crippen LogP contribution in [0.25, 0.3) is 5.69 Å². The summed E-state index contributed by atoms with van der Waals surface area (Å²) in [5, 5.41) is 9.88. The average Bonchev–Trinajstić information content (AvgIpc) is 3.38. The topological polar surface area (TPSA) is 92.6 Å². The summed E-state index contributed by atoms with van der Waals surface area (Å²) in [7, 11) is 0. The lowest BCUT2D eigenvalue weighted by Crippen LogP contribution is -2.49. The van der Waals surface area contributed by atoms with Crippen LogP contribution in [0.1, 0.15) is 24.0 Å². The lowest BCUT2D eigenvalue weighted by atomic mass is 10.2. The number of hydrogen-bond donors (Lipinski definition) is 1. The minimum atomic E-state index is -0.316. The highest BCUT2D eigenvalue weighted by Gasteiger charge is 2.24. The number of esters is 1. The fraction of sp³-hybridized carbons (Fsp3) is 0.417. The molecule has 1 N–H and O–H groups in total. The number of amides is 1. The maximum Gasteiger partial charge on any atom is 0.311 e. The second-order valence-electron chi connectivity index (χ2n) is 8.20. The van der Waals surface area contributed by atoms with Gasteiger partial charge in [0.15, 0.2) is 5.13 Å². The minimum Gasteiger partial charge on any atom is -0.466 e. The van der Waals surface area contributed by atoms with Crippen molar-refractivity contribution in [1.82, 2.24) is 19.7 Å². The van der Waals surface area contributed by atoms with Gasteiger partial charge in [-0.1, -0.05) is 18.2 Å². The maximum absolute atomic E-state index is 12.5. The summed E-state index contributed by atoms with van der Waals surface area (Å²) < 4.78 is 6.93. The summed E-state index contributed by atoms with van der Waals surface area (Å²) in [6.45, 7) is 9.80. The first kappa shape index (κ1) is 23.9. The second kappa shape index (κ2) is 10.8. The third-order valence-electron chi connectivity index (χ3n) is 5.74. The van der Waals surface area contributed by atoms with Gasteiger partial charge < -0.3 is 15.0 Å². The van der Waals surface area contributed by atoms with E-state index in [0.29, 0.717) is 24.0 Å². The normalized spacial score (nSPS) is 14.3. The van der Waals surface area contributed by atoms with Crippen LogP contribution in [-0.4, -0.2) is 70.9 Å². The number of aromatic nitrogens is 3. The van der Waals surface area contributed by atoms with Crippen LogP contribution in [0.4, 0.5) is 10.8 Å². The first-order valence-electron chi connectivity index (χ1n) is 11.4. The molecule has 1 aromatic carbocycles. The monoisotopic (exact) mass is 482 g/mol. The quantitative estimate of drug-likeness (QED) is 0.494. The van der Waals surface area contributed by atoms with E-state index in [-0.39, 0.29) is 18.3 Å². The molecule has 3 heterocycles. The molecule has 1 amide bonds. The average molecular weight is 483 g/mol. The highest BCUT2D eigenvalue weighted by molar-refractivity contribution is 7.13. The van der Waals surface area contributed by atoms with Crippen LogP contribution < -0.4 is 10.2 Å². The predicted molar refractivity (Wildman–Crippen MR) is 133 cm³/mol. The van der Waals surface area contributed by atoms with Gasteiger partial charge >= 0.3 is 5.97 Å². The van der Waals surface area contributed by atoms with Gasteiger partial charge in [-0.25, -0.2) is 9.67 Å². The molecule has 3 aromatic rings. The maximum atomic E-state index is 12.5. The van der Waals surface area contributed by atoms with Crippen molar-refractivity contribution >= 4 is 34.0 Å². The van der Waals surface area contributed by atoms with Gasteiger partial charge in [0.05, 0.1) is 48.0 Å². The molecule has 1 saturated heterocycles. The number of nitrogens with one attached hydrogen (secondary N) is 1. The van der Waals surface area contributed by atoms with Crippen LogP contribution in [0.2, 0.25) is 0 Å². The Kier molecular flexibility index (Phi) is 7.59. The van der Waals surface area contributed by atoms with E-state index < -0.39 is 0 Å². The summed E-state index contributed by atoms with van der Waals surface area (Å²) in [4.78, 5) is 32.9. The number of para-hydroxylation sites is 1. The Labute approximate surface area is 203 Å². The largest absolute Gasteiger partial charge is 0.466 e. The lowest BCUT2D eigenvalue weighted by molar-refractivity contribution is -0.142. The number of hydrogen-bond acceptors (Lipinski definition) is 8. The molecule has 0 radical (unpaired) electrons. The number of thiazole rings is 1. The summed E-state index contributed by atoms with van der Waals surface area (Å²) in [6.07, 6.45) is 0.113. The zero-order valence-corrected chi connectivity index (χ0v) is 20.6. The summed E-state index contributed by atoms with van der Waals surface area (Å²) in [5.41, 5.74) is 4.96. The van der Waals surface area contributed by atoms with Gasteiger partial charge in [-0.15, -0.1) is 11.3 Å². The summed E-state index contributed by atoms with van der Waals surface area (Å²) in [6, 6.07) is 10.1. The Morgan fingerprint density at radius 3 is 2.56 bits per heavy atom. The van der Waals surface area contributed by atoms with Crippen LogP contribution in [0, 0.1) is 13.8 Å². The zero-order valence-electron chi connectivity index (χ0n) is 19.8. The van der Waals surface area contributed by atoms with Crippen molar-refractivity contribution in [2.24, 2.45) is 0 Å².